The number of anilines is 2. The fraction of sp³-hybridized carbons (Fsp3) is 0.591. The third-order valence-corrected chi connectivity index (χ3v) is 7.34. The maximum atomic E-state index is 13.3. The molecule has 33 heavy (non-hydrogen) atoms. The number of nitrogens with one attached hydrogen (secondary N) is 1. The van der Waals surface area contributed by atoms with Crippen LogP contribution < -0.4 is 15.0 Å². The molecule has 2 bridgehead atoms. The van der Waals surface area contributed by atoms with Gasteiger partial charge in [-0.15, -0.1) is 5.10 Å². The summed E-state index contributed by atoms with van der Waals surface area (Å²) in [6.07, 6.45) is -0.111. The average Bonchev–Trinajstić information content (AvgIpc) is 3.20. The van der Waals surface area contributed by atoms with Gasteiger partial charge >= 0.3 is 6.18 Å². The molecule has 3 atom stereocenters. The molecule has 0 amide bonds. The Balaban J connectivity index is 1.17. The second-order valence-electron chi connectivity index (χ2n) is 9.62. The first kappa shape index (κ1) is 20.6. The Hall–Kier alpha value is -2.98. The third-order valence-electron chi connectivity index (χ3n) is 7.34. The summed E-state index contributed by atoms with van der Waals surface area (Å²) >= 11 is 0. The highest BCUT2D eigenvalue weighted by Gasteiger charge is 2.64. The molecule has 1 N–H and O–H groups in total. The van der Waals surface area contributed by atoms with E-state index in [2.05, 4.69) is 25.5 Å². The van der Waals surface area contributed by atoms with Crippen molar-refractivity contribution in [2.24, 2.45) is 17.3 Å². The van der Waals surface area contributed by atoms with E-state index in [0.717, 1.165) is 37.5 Å². The molecule has 1 saturated heterocycles. The second kappa shape index (κ2) is 7.26. The minimum atomic E-state index is -4.25. The lowest BCUT2D eigenvalue weighted by Gasteiger charge is -2.37. The molecule has 1 unspecified atom stereocenters. The van der Waals surface area contributed by atoms with E-state index in [9.17, 15) is 13.2 Å². The number of hydrogen-bond acceptors (Lipinski definition) is 7. The molecule has 3 fully saturated rings. The number of piperidine rings is 1. The lowest BCUT2D eigenvalue weighted by molar-refractivity contribution is -0.194. The summed E-state index contributed by atoms with van der Waals surface area (Å²) in [5.41, 5.74) is -0.442. The molecule has 2 aliphatic carbocycles. The smallest absolute Gasteiger partial charge is 0.397 e. The number of pyridine rings is 1. The van der Waals surface area contributed by atoms with Gasteiger partial charge in [-0.05, 0) is 56.6 Å². The van der Waals surface area contributed by atoms with Crippen LogP contribution in [-0.4, -0.2) is 51.7 Å². The first-order valence-corrected chi connectivity index (χ1v) is 11.3. The number of nitrogens with zero attached hydrogens (tertiary/aromatic N) is 5. The molecule has 8 nitrogen and oxygen atoms in total. The lowest BCUT2D eigenvalue weighted by atomic mass is 9.92. The molecule has 3 aromatic rings. The van der Waals surface area contributed by atoms with Crippen LogP contribution in [0.5, 0.6) is 5.75 Å². The van der Waals surface area contributed by atoms with Crippen molar-refractivity contribution in [2.75, 3.05) is 29.9 Å². The number of aromatic nitrogens is 4. The van der Waals surface area contributed by atoms with Crippen molar-refractivity contribution in [3.05, 3.63) is 30.1 Å². The number of alkyl halides is 3. The van der Waals surface area contributed by atoms with Crippen LogP contribution in [0, 0.1) is 24.2 Å². The Morgan fingerprint density at radius 3 is 2.64 bits per heavy atom. The molecule has 0 spiro atoms. The molecule has 176 valence electrons. The Labute approximate surface area is 188 Å². The van der Waals surface area contributed by atoms with Gasteiger partial charge in [0, 0.05) is 31.4 Å². The molecule has 3 aromatic heterocycles. The maximum Gasteiger partial charge on any atom is 0.397 e. The van der Waals surface area contributed by atoms with Gasteiger partial charge in [0.2, 0.25) is 11.8 Å². The Kier molecular flexibility index (Phi) is 4.54. The van der Waals surface area contributed by atoms with Gasteiger partial charge < -0.3 is 19.5 Å². The van der Waals surface area contributed by atoms with Crippen molar-refractivity contribution < 1.29 is 22.4 Å². The van der Waals surface area contributed by atoms with Gasteiger partial charge in [-0.25, -0.2) is 4.52 Å². The van der Waals surface area contributed by atoms with E-state index < -0.39 is 18.2 Å². The quantitative estimate of drug-likeness (QED) is 0.591. The fourth-order valence-electron chi connectivity index (χ4n) is 5.22. The average molecular weight is 462 g/mol. The van der Waals surface area contributed by atoms with Crippen LogP contribution in [0.4, 0.5) is 25.0 Å². The summed E-state index contributed by atoms with van der Waals surface area (Å²) < 4.78 is 52.4. The number of aryl methyl sites for hydroxylation is 1. The zero-order chi connectivity index (χ0) is 22.8. The molecule has 2 saturated carbocycles. The van der Waals surface area contributed by atoms with E-state index in [4.69, 9.17) is 9.26 Å². The largest absolute Gasteiger partial charge is 0.489 e. The molecule has 3 aliphatic rings. The molecule has 6 rings (SSSR count). The molecule has 11 heteroatoms. The Morgan fingerprint density at radius 2 is 2.00 bits per heavy atom. The van der Waals surface area contributed by atoms with E-state index in [1.54, 1.807) is 22.8 Å². The highest BCUT2D eigenvalue weighted by atomic mass is 19.4. The van der Waals surface area contributed by atoms with Crippen LogP contribution in [0.15, 0.2) is 28.9 Å². The number of rotatable bonds is 6. The predicted octanol–water partition coefficient (Wildman–Crippen LogP) is 4.07. The standard InChI is InChI=1S/C22H25F3N6O2/c1-13-9-17(33-29-13)30-10-14-4-5-15(11-30)18(14)26-20-27-19-16(3-2-8-31(19)28-20)32-12-21(6-7-21)22(23,24)25/h2-3,8-9,14-15,18H,4-7,10-12H2,1H3,(H,26,28)/t14-,15+,18?. The van der Waals surface area contributed by atoms with Gasteiger partial charge in [0.15, 0.2) is 11.4 Å². The number of hydrogen-bond donors (Lipinski definition) is 1. The molecular weight excluding hydrogens is 437 g/mol. The first-order chi connectivity index (χ1) is 15.8. The van der Waals surface area contributed by atoms with Crippen LogP contribution >= 0.6 is 0 Å². The highest BCUT2D eigenvalue weighted by molar-refractivity contribution is 5.56. The zero-order valence-corrected chi connectivity index (χ0v) is 18.2. The van der Waals surface area contributed by atoms with Gasteiger partial charge in [-0.3, -0.25) is 0 Å². The topological polar surface area (TPSA) is 80.7 Å². The molecule has 4 heterocycles. The molecule has 0 radical (unpaired) electrons. The Morgan fingerprint density at radius 1 is 1.24 bits per heavy atom. The highest BCUT2D eigenvalue weighted by Crippen LogP contribution is 2.57. The van der Waals surface area contributed by atoms with Gasteiger partial charge in [-0.2, -0.15) is 18.2 Å². The van der Waals surface area contributed by atoms with E-state index in [1.165, 1.54) is 0 Å². The summed E-state index contributed by atoms with van der Waals surface area (Å²) in [6.45, 7) is 3.25. The second-order valence-corrected chi connectivity index (χ2v) is 9.62. The van der Waals surface area contributed by atoms with Gasteiger partial charge in [0.25, 0.3) is 0 Å². The SMILES string of the molecule is Cc1cc(N2C[C@H]3CC[C@@H](C2)C3Nc2nc3c(OCC4(C(F)(F)F)CC4)cccn3n2)on1. The van der Waals surface area contributed by atoms with Crippen molar-refractivity contribution in [3.63, 3.8) is 0 Å². The van der Waals surface area contributed by atoms with E-state index in [1.807, 2.05) is 13.0 Å². The van der Waals surface area contributed by atoms with Crippen LogP contribution in [0.3, 0.4) is 0 Å². The molecular formula is C22H25F3N6O2. The summed E-state index contributed by atoms with van der Waals surface area (Å²) in [5.74, 6) is 2.42. The van der Waals surface area contributed by atoms with E-state index in [-0.39, 0.29) is 18.9 Å². The van der Waals surface area contributed by atoms with Gasteiger partial charge in [0.1, 0.15) is 12.0 Å². The van der Waals surface area contributed by atoms with Crippen LogP contribution in [0.25, 0.3) is 5.65 Å². The summed E-state index contributed by atoms with van der Waals surface area (Å²) in [4.78, 5) is 6.81. The summed E-state index contributed by atoms with van der Waals surface area (Å²) in [5, 5.41) is 12.0. The number of ether oxygens (including phenoxy) is 1. The normalized spacial score (nSPS) is 26.1. The van der Waals surface area contributed by atoms with Crippen LogP contribution in [0.2, 0.25) is 0 Å². The summed E-state index contributed by atoms with van der Waals surface area (Å²) in [7, 11) is 0. The number of halogens is 3. The number of fused-ring (bicyclic) bond motifs is 3. The van der Waals surface area contributed by atoms with E-state index >= 15 is 0 Å². The lowest BCUT2D eigenvalue weighted by Crippen LogP contribution is -2.48. The molecule has 1 aliphatic heterocycles. The summed E-state index contributed by atoms with van der Waals surface area (Å²) in [6, 6.07) is 5.53. The van der Waals surface area contributed by atoms with Gasteiger partial charge in [-0.1, -0.05) is 5.16 Å². The Bertz CT molecular complexity index is 1160. The van der Waals surface area contributed by atoms with Crippen LogP contribution in [-0.2, 0) is 0 Å². The maximum absolute atomic E-state index is 13.3. The third kappa shape index (κ3) is 3.57. The minimum Gasteiger partial charge on any atom is -0.489 e. The monoisotopic (exact) mass is 462 g/mol. The van der Waals surface area contributed by atoms with E-state index in [0.29, 0.717) is 29.2 Å². The van der Waals surface area contributed by atoms with Crippen molar-refractivity contribution in [1.82, 2.24) is 19.8 Å². The van der Waals surface area contributed by atoms with Gasteiger partial charge in [0.05, 0.1) is 5.69 Å². The van der Waals surface area contributed by atoms with Crippen molar-refractivity contribution in [2.45, 2.75) is 44.8 Å². The minimum absolute atomic E-state index is 0.105. The fourth-order valence-corrected chi connectivity index (χ4v) is 5.22. The van der Waals surface area contributed by atoms with Crippen molar-refractivity contribution >= 4 is 17.5 Å². The first-order valence-electron chi connectivity index (χ1n) is 11.3. The van der Waals surface area contributed by atoms with Crippen molar-refractivity contribution in [3.8, 4) is 5.75 Å². The predicted molar refractivity (Wildman–Crippen MR) is 113 cm³/mol. The zero-order valence-electron chi connectivity index (χ0n) is 18.2. The van der Waals surface area contributed by atoms with Crippen molar-refractivity contribution in [1.29, 1.82) is 0 Å². The molecule has 0 aromatic carbocycles. The van der Waals surface area contributed by atoms with Crippen LogP contribution in [0.1, 0.15) is 31.4 Å².